The fraction of sp³-hybridized carbons (Fsp3) is 0.318. The molecule has 4 aromatic rings. The molecule has 2 aromatic heterocycles. The van der Waals surface area contributed by atoms with Crippen molar-refractivity contribution in [3.05, 3.63) is 47.8 Å². The molecule has 29 heavy (non-hydrogen) atoms. The van der Waals surface area contributed by atoms with E-state index in [9.17, 15) is 20.4 Å². The topological polar surface area (TPSA) is 110 Å². The van der Waals surface area contributed by atoms with Crippen LogP contribution in [0.1, 0.15) is 17.4 Å². The Morgan fingerprint density at radius 1 is 1.03 bits per heavy atom. The molecule has 3 heterocycles. The molecule has 0 radical (unpaired) electrons. The van der Waals surface area contributed by atoms with Gasteiger partial charge in [0.15, 0.2) is 18.5 Å². The van der Waals surface area contributed by atoms with Crippen molar-refractivity contribution < 1.29 is 29.7 Å². The largest absolute Gasteiger partial charge is 0.508 e. The van der Waals surface area contributed by atoms with Gasteiger partial charge in [0.05, 0.1) is 12.1 Å². The number of aliphatic hydroxyl groups excluding tert-OH is 3. The molecule has 1 aliphatic rings. The van der Waals surface area contributed by atoms with E-state index in [0.717, 1.165) is 43.7 Å². The van der Waals surface area contributed by atoms with E-state index < -0.39 is 24.5 Å². The summed E-state index contributed by atoms with van der Waals surface area (Å²) in [5, 5.41) is 43.8. The highest BCUT2D eigenvalue weighted by atomic mass is 16.6. The third-order valence-corrected chi connectivity index (χ3v) is 6.13. The Bertz CT molecular complexity index is 1260. The minimum Gasteiger partial charge on any atom is -0.508 e. The van der Waals surface area contributed by atoms with Gasteiger partial charge in [0, 0.05) is 27.7 Å². The summed E-state index contributed by atoms with van der Waals surface area (Å²) in [6.07, 6.45) is -0.164. The van der Waals surface area contributed by atoms with Gasteiger partial charge in [-0.1, -0.05) is 0 Å². The molecule has 0 amide bonds. The number of aryl methyl sites for hydroxylation is 2. The molecule has 5 rings (SSSR count). The number of nitrogens with zero attached hydrogens (tertiary/aromatic N) is 1. The number of aromatic amines is 1. The molecule has 0 saturated carbocycles. The summed E-state index contributed by atoms with van der Waals surface area (Å²) in [6, 6.07) is 7.26. The van der Waals surface area contributed by atoms with Gasteiger partial charge in [-0.2, -0.15) is 4.57 Å². The lowest BCUT2D eigenvalue weighted by atomic mass is 9.97. The lowest BCUT2D eigenvalue weighted by molar-refractivity contribution is -0.764. The Morgan fingerprint density at radius 3 is 2.55 bits per heavy atom. The number of aromatic hydroxyl groups is 1. The van der Waals surface area contributed by atoms with Gasteiger partial charge in [0.25, 0.3) is 6.23 Å². The lowest BCUT2D eigenvalue weighted by Crippen LogP contribution is -2.45. The number of ether oxygens (including phenoxy) is 1. The highest BCUT2D eigenvalue weighted by molar-refractivity contribution is 6.16. The van der Waals surface area contributed by atoms with Crippen LogP contribution in [-0.2, 0) is 4.74 Å². The van der Waals surface area contributed by atoms with Crippen LogP contribution in [0.15, 0.2) is 36.7 Å². The minimum absolute atomic E-state index is 0.213. The predicted molar refractivity (Wildman–Crippen MR) is 108 cm³/mol. The van der Waals surface area contributed by atoms with Crippen LogP contribution < -0.4 is 4.57 Å². The number of H-pyrrole nitrogens is 1. The van der Waals surface area contributed by atoms with Crippen molar-refractivity contribution in [1.29, 1.82) is 0 Å². The van der Waals surface area contributed by atoms with Crippen LogP contribution in [0.2, 0.25) is 0 Å². The maximum atomic E-state index is 10.4. The number of pyridine rings is 1. The second-order valence-electron chi connectivity index (χ2n) is 7.80. The molecule has 0 bridgehead atoms. The van der Waals surface area contributed by atoms with Crippen molar-refractivity contribution in [2.45, 2.75) is 38.4 Å². The predicted octanol–water partition coefficient (Wildman–Crippen LogP) is 1.70. The van der Waals surface area contributed by atoms with Gasteiger partial charge in [-0.15, -0.1) is 0 Å². The van der Waals surface area contributed by atoms with E-state index in [0.29, 0.717) is 0 Å². The molecule has 1 aliphatic heterocycles. The van der Waals surface area contributed by atoms with Gasteiger partial charge >= 0.3 is 0 Å². The number of fused-ring (bicyclic) bond motifs is 4. The zero-order chi connectivity index (χ0) is 20.4. The molecular formula is C22H23N2O5+. The number of phenolic OH excluding ortho intramolecular Hbond substituents is 1. The van der Waals surface area contributed by atoms with Crippen LogP contribution in [0.4, 0.5) is 0 Å². The van der Waals surface area contributed by atoms with E-state index >= 15 is 0 Å². The van der Waals surface area contributed by atoms with Crippen LogP contribution in [0.3, 0.4) is 0 Å². The Kier molecular flexibility index (Phi) is 4.04. The van der Waals surface area contributed by atoms with Gasteiger partial charge < -0.3 is 30.1 Å². The molecule has 4 atom stereocenters. The SMILES string of the molecule is Cc1c2cc[n+]([C@@H]3O[C@H](CO)[C@@H](O)[C@@H]3O)cc2c(C)c2c1[nH]c1ccc(O)cc12. The fourth-order valence-corrected chi connectivity index (χ4v) is 4.54. The van der Waals surface area contributed by atoms with Crippen molar-refractivity contribution in [3.63, 3.8) is 0 Å². The average molecular weight is 395 g/mol. The van der Waals surface area contributed by atoms with Crippen LogP contribution in [0.5, 0.6) is 5.75 Å². The highest BCUT2D eigenvalue weighted by Crippen LogP contribution is 2.37. The zero-order valence-electron chi connectivity index (χ0n) is 16.1. The molecule has 0 aliphatic carbocycles. The molecule has 2 aromatic carbocycles. The number of nitrogens with one attached hydrogen (secondary N) is 1. The summed E-state index contributed by atoms with van der Waals surface area (Å²) in [7, 11) is 0. The first kappa shape index (κ1) is 18.3. The van der Waals surface area contributed by atoms with Gasteiger partial charge in [0.2, 0.25) is 0 Å². The number of aliphatic hydroxyl groups is 3. The van der Waals surface area contributed by atoms with Crippen molar-refractivity contribution in [2.24, 2.45) is 0 Å². The van der Waals surface area contributed by atoms with Crippen LogP contribution in [-0.4, -0.2) is 50.3 Å². The Balaban J connectivity index is 1.75. The molecule has 1 fully saturated rings. The number of phenols is 1. The smallest absolute Gasteiger partial charge is 0.292 e. The molecule has 0 spiro atoms. The number of hydrogen-bond acceptors (Lipinski definition) is 5. The van der Waals surface area contributed by atoms with Gasteiger partial charge in [-0.3, -0.25) is 0 Å². The van der Waals surface area contributed by atoms with Crippen molar-refractivity contribution in [2.75, 3.05) is 6.61 Å². The minimum atomic E-state index is -1.14. The second-order valence-corrected chi connectivity index (χ2v) is 7.80. The van der Waals surface area contributed by atoms with Gasteiger partial charge in [-0.25, -0.2) is 0 Å². The lowest BCUT2D eigenvalue weighted by Gasteiger charge is -2.12. The number of benzene rings is 2. The van der Waals surface area contributed by atoms with E-state index in [4.69, 9.17) is 4.74 Å². The molecular weight excluding hydrogens is 372 g/mol. The van der Waals surface area contributed by atoms with Gasteiger partial charge in [-0.05, 0) is 48.6 Å². The van der Waals surface area contributed by atoms with Crippen LogP contribution in [0, 0.1) is 13.8 Å². The first-order valence-electron chi connectivity index (χ1n) is 9.61. The van der Waals surface area contributed by atoms with E-state index in [1.165, 1.54) is 0 Å². The maximum absolute atomic E-state index is 10.4. The zero-order valence-corrected chi connectivity index (χ0v) is 16.1. The Morgan fingerprint density at radius 2 is 1.83 bits per heavy atom. The average Bonchev–Trinajstić information content (AvgIpc) is 3.24. The summed E-state index contributed by atoms with van der Waals surface area (Å²) in [5.74, 6) is 0.213. The van der Waals surface area contributed by atoms with E-state index in [-0.39, 0.29) is 12.4 Å². The second kappa shape index (κ2) is 6.40. The highest BCUT2D eigenvalue weighted by Gasteiger charge is 2.48. The van der Waals surface area contributed by atoms with Crippen LogP contribution >= 0.6 is 0 Å². The Hall–Kier alpha value is -2.71. The molecule has 7 nitrogen and oxygen atoms in total. The number of hydrogen-bond donors (Lipinski definition) is 5. The monoisotopic (exact) mass is 395 g/mol. The molecule has 7 heteroatoms. The molecule has 1 saturated heterocycles. The first-order chi connectivity index (χ1) is 13.9. The van der Waals surface area contributed by atoms with Crippen LogP contribution in [0.25, 0.3) is 32.6 Å². The summed E-state index contributed by atoms with van der Waals surface area (Å²) < 4.78 is 7.40. The first-order valence-corrected chi connectivity index (χ1v) is 9.61. The normalized spacial score (nSPS) is 24.9. The fourth-order valence-electron chi connectivity index (χ4n) is 4.54. The van der Waals surface area contributed by atoms with E-state index in [2.05, 4.69) is 11.9 Å². The van der Waals surface area contributed by atoms with Gasteiger partial charge in [0.1, 0.15) is 18.0 Å². The Labute approximate surface area is 166 Å². The summed E-state index contributed by atoms with van der Waals surface area (Å²) in [6.45, 7) is 3.72. The number of rotatable bonds is 2. The molecule has 5 N–H and O–H groups in total. The van der Waals surface area contributed by atoms with Crippen molar-refractivity contribution >= 4 is 32.6 Å². The quantitative estimate of drug-likeness (QED) is 0.332. The third-order valence-electron chi connectivity index (χ3n) is 6.13. The summed E-state index contributed by atoms with van der Waals surface area (Å²) in [5.41, 5.74) is 4.11. The van der Waals surface area contributed by atoms with E-state index in [1.807, 2.05) is 31.5 Å². The third kappa shape index (κ3) is 2.55. The number of aromatic nitrogens is 2. The summed E-state index contributed by atoms with van der Waals surface area (Å²) >= 11 is 0. The van der Waals surface area contributed by atoms with E-state index in [1.54, 1.807) is 16.7 Å². The standard InChI is InChI=1S/C22H22N2O5/c1-10-15-8-24(22-21(28)20(27)17(9-25)29-22)6-5-13(15)11(2)19-18(10)14-7-12(26)3-4-16(14)23-19/h3-8,17,20-22,25-28H,9H2,1-2H3/p+1/t17-,20-,21+,22-/m1/s1. The van der Waals surface area contributed by atoms with Crippen molar-refractivity contribution in [3.8, 4) is 5.75 Å². The molecule has 0 unspecified atom stereocenters. The maximum Gasteiger partial charge on any atom is 0.292 e. The summed E-state index contributed by atoms with van der Waals surface area (Å²) in [4.78, 5) is 3.46. The van der Waals surface area contributed by atoms with Crippen molar-refractivity contribution in [1.82, 2.24) is 4.98 Å². The molecule has 150 valence electrons.